The summed E-state index contributed by atoms with van der Waals surface area (Å²) in [5.41, 5.74) is 1.02. The number of nitrogens with zero attached hydrogens (tertiary/aromatic N) is 1. The summed E-state index contributed by atoms with van der Waals surface area (Å²) < 4.78 is 27.8. The lowest BCUT2D eigenvalue weighted by atomic mass is 10.1. The van der Waals surface area contributed by atoms with Crippen molar-refractivity contribution in [3.05, 3.63) is 63.2 Å². The maximum absolute atomic E-state index is 12.7. The van der Waals surface area contributed by atoms with Crippen LogP contribution in [0.15, 0.2) is 41.3 Å². The van der Waals surface area contributed by atoms with E-state index in [-0.39, 0.29) is 39.3 Å². The molecular weight excluding hydrogens is 370 g/mol. The molecule has 0 aromatic heterocycles. The summed E-state index contributed by atoms with van der Waals surface area (Å²) in [7, 11) is -4.03. The van der Waals surface area contributed by atoms with E-state index in [4.69, 9.17) is 0 Å². The monoisotopic (exact) mass is 391 g/mol. The number of rotatable bonds is 6. The van der Waals surface area contributed by atoms with E-state index < -0.39 is 14.9 Å². The Balaban J connectivity index is 2.42. The fourth-order valence-corrected chi connectivity index (χ4v) is 3.64. The lowest BCUT2D eigenvalue weighted by molar-refractivity contribution is -0.385. The number of amides is 1. The largest absolute Gasteiger partial charge is 0.350 e. The van der Waals surface area contributed by atoms with Crippen LogP contribution in [0, 0.1) is 24.0 Å². The average molecular weight is 391 g/mol. The molecule has 0 fully saturated rings. The van der Waals surface area contributed by atoms with Crippen LogP contribution in [0.3, 0.4) is 0 Å². The van der Waals surface area contributed by atoms with Crippen LogP contribution in [0.5, 0.6) is 0 Å². The van der Waals surface area contributed by atoms with Crippen molar-refractivity contribution in [2.75, 3.05) is 4.72 Å². The number of hydrogen-bond donors (Lipinski definition) is 2. The van der Waals surface area contributed by atoms with Crippen LogP contribution in [-0.4, -0.2) is 25.3 Å². The molecule has 8 nitrogen and oxygen atoms in total. The molecule has 2 aromatic carbocycles. The highest BCUT2D eigenvalue weighted by Gasteiger charge is 2.21. The number of nitro benzene ring substituents is 1. The molecule has 0 bridgehead atoms. The van der Waals surface area contributed by atoms with Gasteiger partial charge in [0, 0.05) is 17.7 Å². The number of carbonyl (C=O) groups excluding carboxylic acids is 1. The Labute approximate surface area is 157 Å². The van der Waals surface area contributed by atoms with Gasteiger partial charge in [0.1, 0.15) is 0 Å². The van der Waals surface area contributed by atoms with Crippen LogP contribution < -0.4 is 10.0 Å². The first-order chi connectivity index (χ1) is 12.5. The van der Waals surface area contributed by atoms with Gasteiger partial charge in [0.15, 0.2) is 0 Å². The van der Waals surface area contributed by atoms with Gasteiger partial charge in [-0.1, -0.05) is 12.1 Å². The van der Waals surface area contributed by atoms with Gasteiger partial charge in [0.25, 0.3) is 21.6 Å². The number of nitrogens with one attached hydrogen (secondary N) is 2. The summed E-state index contributed by atoms with van der Waals surface area (Å²) in [6.07, 6.45) is 0. The molecule has 144 valence electrons. The van der Waals surface area contributed by atoms with E-state index in [1.54, 1.807) is 26.8 Å². The van der Waals surface area contributed by atoms with Crippen LogP contribution in [-0.2, 0) is 10.0 Å². The fourth-order valence-electron chi connectivity index (χ4n) is 2.49. The first kappa shape index (κ1) is 20.4. The first-order valence-corrected chi connectivity index (χ1v) is 9.69. The van der Waals surface area contributed by atoms with Crippen molar-refractivity contribution < 1.29 is 18.1 Å². The van der Waals surface area contributed by atoms with Gasteiger partial charge in [-0.3, -0.25) is 19.6 Å². The maximum atomic E-state index is 12.7. The smallest absolute Gasteiger partial charge is 0.274 e. The maximum Gasteiger partial charge on any atom is 0.274 e. The number of sulfonamides is 1. The molecule has 0 spiro atoms. The molecule has 0 saturated carbocycles. The van der Waals surface area contributed by atoms with Gasteiger partial charge >= 0.3 is 0 Å². The van der Waals surface area contributed by atoms with Crippen LogP contribution in [0.4, 0.5) is 11.4 Å². The van der Waals surface area contributed by atoms with Crippen LogP contribution in [0.1, 0.15) is 35.3 Å². The zero-order valence-electron chi connectivity index (χ0n) is 15.4. The number of benzene rings is 2. The molecule has 0 radical (unpaired) electrons. The van der Waals surface area contributed by atoms with Gasteiger partial charge in [0.05, 0.1) is 21.1 Å². The number of carbonyl (C=O) groups is 1. The molecule has 0 unspecified atom stereocenters. The summed E-state index contributed by atoms with van der Waals surface area (Å²) in [4.78, 5) is 22.6. The molecule has 0 aliphatic carbocycles. The quantitative estimate of drug-likeness (QED) is 0.579. The second-order valence-corrected chi connectivity index (χ2v) is 8.10. The van der Waals surface area contributed by atoms with E-state index in [2.05, 4.69) is 10.0 Å². The minimum absolute atomic E-state index is 0.0946. The van der Waals surface area contributed by atoms with Gasteiger partial charge in [0.2, 0.25) is 0 Å². The van der Waals surface area contributed by atoms with E-state index in [1.807, 2.05) is 0 Å². The second-order valence-electron chi connectivity index (χ2n) is 6.42. The SMILES string of the molecule is Cc1ccc(S(=O)(=O)Nc2cccc([N+](=O)[O-])c2C)cc1C(=O)NC(C)C. The Bertz CT molecular complexity index is 1000. The van der Waals surface area contributed by atoms with Crippen molar-refractivity contribution >= 4 is 27.3 Å². The van der Waals surface area contributed by atoms with Crippen molar-refractivity contribution in [1.29, 1.82) is 0 Å². The van der Waals surface area contributed by atoms with Crippen molar-refractivity contribution in [1.82, 2.24) is 5.32 Å². The third-order valence-corrected chi connectivity index (χ3v) is 5.29. The zero-order valence-corrected chi connectivity index (χ0v) is 16.3. The Kier molecular flexibility index (Phi) is 5.85. The predicted octanol–water partition coefficient (Wildman–Crippen LogP) is 3.15. The molecule has 2 N–H and O–H groups in total. The topological polar surface area (TPSA) is 118 Å². The highest BCUT2D eigenvalue weighted by atomic mass is 32.2. The Hall–Kier alpha value is -2.94. The van der Waals surface area contributed by atoms with Crippen LogP contribution in [0.25, 0.3) is 0 Å². The molecule has 1 amide bonds. The molecule has 0 saturated heterocycles. The molecule has 9 heteroatoms. The Morgan fingerprint density at radius 3 is 2.41 bits per heavy atom. The summed E-state index contributed by atoms with van der Waals surface area (Å²) >= 11 is 0. The normalized spacial score (nSPS) is 11.3. The molecule has 27 heavy (non-hydrogen) atoms. The number of anilines is 1. The Morgan fingerprint density at radius 2 is 1.81 bits per heavy atom. The zero-order chi connectivity index (χ0) is 20.4. The van der Waals surface area contributed by atoms with Crippen LogP contribution in [0.2, 0.25) is 0 Å². The average Bonchev–Trinajstić information content (AvgIpc) is 2.55. The van der Waals surface area contributed by atoms with E-state index in [9.17, 15) is 23.3 Å². The van der Waals surface area contributed by atoms with Gasteiger partial charge < -0.3 is 5.32 Å². The summed E-state index contributed by atoms with van der Waals surface area (Å²) in [5.74, 6) is -0.369. The van der Waals surface area contributed by atoms with E-state index in [0.29, 0.717) is 5.56 Å². The molecule has 2 aromatic rings. The van der Waals surface area contributed by atoms with Crippen LogP contribution >= 0.6 is 0 Å². The van der Waals surface area contributed by atoms with Crippen molar-refractivity contribution in [2.24, 2.45) is 0 Å². The Morgan fingerprint density at radius 1 is 1.15 bits per heavy atom. The fraction of sp³-hybridized carbons (Fsp3) is 0.278. The first-order valence-electron chi connectivity index (χ1n) is 8.21. The highest BCUT2D eigenvalue weighted by Crippen LogP contribution is 2.27. The minimum atomic E-state index is -4.03. The van der Waals surface area contributed by atoms with Gasteiger partial charge in [-0.25, -0.2) is 8.42 Å². The minimum Gasteiger partial charge on any atom is -0.350 e. The lowest BCUT2D eigenvalue weighted by Gasteiger charge is -2.14. The van der Waals surface area contributed by atoms with Crippen molar-refractivity contribution in [2.45, 2.75) is 38.6 Å². The predicted molar refractivity (Wildman–Crippen MR) is 102 cm³/mol. The third-order valence-electron chi connectivity index (χ3n) is 3.93. The lowest BCUT2D eigenvalue weighted by Crippen LogP contribution is -2.30. The summed E-state index contributed by atoms with van der Waals surface area (Å²) in [5, 5.41) is 13.8. The number of hydrogen-bond acceptors (Lipinski definition) is 5. The molecular formula is C18H21N3O5S. The van der Waals surface area contributed by atoms with Gasteiger partial charge in [-0.05, 0) is 51.5 Å². The highest BCUT2D eigenvalue weighted by molar-refractivity contribution is 7.92. The van der Waals surface area contributed by atoms with Gasteiger partial charge in [-0.15, -0.1) is 0 Å². The number of aryl methyl sites for hydroxylation is 1. The van der Waals surface area contributed by atoms with Crippen molar-refractivity contribution in [3.8, 4) is 0 Å². The summed E-state index contributed by atoms with van der Waals surface area (Å²) in [6, 6.07) is 8.28. The molecule has 2 rings (SSSR count). The molecule has 0 aliphatic heterocycles. The second kappa shape index (κ2) is 7.75. The molecule has 0 heterocycles. The van der Waals surface area contributed by atoms with E-state index in [1.165, 1.54) is 37.3 Å². The molecule has 0 aliphatic rings. The van der Waals surface area contributed by atoms with Gasteiger partial charge in [-0.2, -0.15) is 0 Å². The van der Waals surface area contributed by atoms with E-state index in [0.717, 1.165) is 0 Å². The van der Waals surface area contributed by atoms with E-state index >= 15 is 0 Å². The van der Waals surface area contributed by atoms with Crippen molar-refractivity contribution in [3.63, 3.8) is 0 Å². The summed E-state index contributed by atoms with van der Waals surface area (Å²) in [6.45, 7) is 6.79. The molecule has 0 atom stereocenters. The standard InChI is InChI=1S/C18H21N3O5S/c1-11(2)19-18(22)15-10-14(9-8-12(15)3)27(25,26)20-16-6-5-7-17(13(16)4)21(23)24/h5-11,20H,1-4H3,(H,19,22). The number of nitro groups is 1. The third kappa shape index (κ3) is 4.62.